The zero-order valence-electron chi connectivity index (χ0n) is 11.8. The van der Waals surface area contributed by atoms with E-state index in [0.717, 1.165) is 5.56 Å². The maximum absolute atomic E-state index is 11.9. The number of benzene rings is 1. The molecule has 1 atom stereocenters. The zero-order chi connectivity index (χ0) is 14.4. The van der Waals surface area contributed by atoms with Crippen molar-refractivity contribution in [1.82, 2.24) is 5.32 Å². The first-order valence-corrected chi connectivity index (χ1v) is 6.27. The Morgan fingerprint density at radius 3 is 2.53 bits per heavy atom. The van der Waals surface area contributed by atoms with E-state index in [2.05, 4.69) is 16.0 Å². The molecule has 1 rings (SSSR count). The van der Waals surface area contributed by atoms with Crippen LogP contribution in [-0.4, -0.2) is 25.4 Å². The van der Waals surface area contributed by atoms with E-state index in [-0.39, 0.29) is 17.7 Å². The maximum atomic E-state index is 11.9. The van der Waals surface area contributed by atoms with Gasteiger partial charge in [-0.25, -0.2) is 0 Å². The van der Waals surface area contributed by atoms with Crippen molar-refractivity contribution >= 4 is 23.2 Å². The summed E-state index contributed by atoms with van der Waals surface area (Å²) in [6.07, 6.45) is 0. The van der Waals surface area contributed by atoms with Crippen molar-refractivity contribution in [2.45, 2.75) is 20.8 Å². The second-order valence-electron chi connectivity index (χ2n) is 4.66. The minimum absolute atomic E-state index is 0.0491. The van der Waals surface area contributed by atoms with E-state index in [1.807, 2.05) is 33.0 Å². The van der Waals surface area contributed by atoms with Gasteiger partial charge in [0, 0.05) is 30.8 Å². The number of nitrogens with one attached hydrogen (secondary N) is 3. The molecule has 0 aliphatic carbocycles. The van der Waals surface area contributed by atoms with Crippen LogP contribution in [0, 0.1) is 12.8 Å². The molecule has 0 saturated heterocycles. The van der Waals surface area contributed by atoms with Crippen LogP contribution >= 0.6 is 0 Å². The normalized spacial score (nSPS) is 11.8. The van der Waals surface area contributed by atoms with Crippen molar-refractivity contribution in [2.24, 2.45) is 5.92 Å². The van der Waals surface area contributed by atoms with Crippen molar-refractivity contribution in [1.29, 1.82) is 0 Å². The molecule has 1 unspecified atom stereocenters. The summed E-state index contributed by atoms with van der Waals surface area (Å²) in [6, 6.07) is 5.45. The first-order chi connectivity index (χ1) is 8.93. The topological polar surface area (TPSA) is 70.2 Å². The van der Waals surface area contributed by atoms with Crippen LogP contribution in [0.25, 0.3) is 0 Å². The molecule has 1 aromatic rings. The number of anilines is 2. The molecule has 0 aromatic heterocycles. The highest BCUT2D eigenvalue weighted by Gasteiger charge is 2.12. The maximum Gasteiger partial charge on any atom is 0.228 e. The number of amides is 2. The fraction of sp³-hybridized carbons (Fsp3) is 0.429. The van der Waals surface area contributed by atoms with Crippen molar-refractivity contribution in [3.05, 3.63) is 23.8 Å². The molecule has 1 aromatic carbocycles. The smallest absolute Gasteiger partial charge is 0.228 e. The molecule has 3 N–H and O–H groups in total. The summed E-state index contributed by atoms with van der Waals surface area (Å²) in [5, 5.41) is 8.54. The third kappa shape index (κ3) is 4.71. The van der Waals surface area contributed by atoms with Gasteiger partial charge in [-0.15, -0.1) is 0 Å². The Kier molecular flexibility index (Phi) is 5.51. The lowest BCUT2D eigenvalue weighted by Crippen LogP contribution is -2.28. The highest BCUT2D eigenvalue weighted by atomic mass is 16.2. The summed E-state index contributed by atoms with van der Waals surface area (Å²) in [4.78, 5) is 23.0. The van der Waals surface area contributed by atoms with E-state index < -0.39 is 0 Å². The van der Waals surface area contributed by atoms with Crippen LogP contribution in [0.1, 0.15) is 19.4 Å². The Morgan fingerprint density at radius 2 is 1.95 bits per heavy atom. The lowest BCUT2D eigenvalue weighted by atomic mass is 10.1. The summed E-state index contributed by atoms with van der Waals surface area (Å²) in [7, 11) is 1.81. The van der Waals surface area contributed by atoms with Gasteiger partial charge in [-0.2, -0.15) is 0 Å². The number of carbonyl (C=O) groups excluding carboxylic acids is 2. The summed E-state index contributed by atoms with van der Waals surface area (Å²) in [5.74, 6) is -0.294. The van der Waals surface area contributed by atoms with Crippen LogP contribution in [0.4, 0.5) is 11.4 Å². The Hall–Kier alpha value is -1.88. The van der Waals surface area contributed by atoms with Gasteiger partial charge in [0.05, 0.1) is 0 Å². The number of carbonyl (C=O) groups is 2. The standard InChI is InChI=1S/C14H21N3O2/c1-9-5-6-12(7-13(9)16-11(3)18)17-14(19)10(2)8-15-4/h5-7,10,15H,8H2,1-4H3,(H,16,18)(H,17,19). The largest absolute Gasteiger partial charge is 0.326 e. The first-order valence-electron chi connectivity index (χ1n) is 6.27. The van der Waals surface area contributed by atoms with Gasteiger partial charge in [0.15, 0.2) is 0 Å². The number of hydrogen-bond acceptors (Lipinski definition) is 3. The Morgan fingerprint density at radius 1 is 1.26 bits per heavy atom. The molecular formula is C14H21N3O2. The summed E-state index contributed by atoms with van der Waals surface area (Å²) < 4.78 is 0. The van der Waals surface area contributed by atoms with Crippen LogP contribution in [0.3, 0.4) is 0 Å². The highest BCUT2D eigenvalue weighted by Crippen LogP contribution is 2.20. The Balaban J connectivity index is 2.79. The fourth-order valence-electron chi connectivity index (χ4n) is 1.69. The van der Waals surface area contributed by atoms with Gasteiger partial charge in [-0.1, -0.05) is 13.0 Å². The molecule has 0 aliphatic rings. The van der Waals surface area contributed by atoms with Crippen LogP contribution in [0.5, 0.6) is 0 Å². The van der Waals surface area contributed by atoms with Gasteiger partial charge in [0.25, 0.3) is 0 Å². The minimum Gasteiger partial charge on any atom is -0.326 e. The van der Waals surface area contributed by atoms with Crippen LogP contribution in [0.2, 0.25) is 0 Å². The molecule has 19 heavy (non-hydrogen) atoms. The van der Waals surface area contributed by atoms with Crippen LogP contribution in [-0.2, 0) is 9.59 Å². The van der Waals surface area contributed by atoms with E-state index >= 15 is 0 Å². The van der Waals surface area contributed by atoms with E-state index in [0.29, 0.717) is 17.9 Å². The fourth-order valence-corrected chi connectivity index (χ4v) is 1.69. The molecule has 2 amide bonds. The van der Waals surface area contributed by atoms with Gasteiger partial charge >= 0.3 is 0 Å². The molecule has 0 bridgehead atoms. The summed E-state index contributed by atoms with van der Waals surface area (Å²) >= 11 is 0. The quantitative estimate of drug-likeness (QED) is 0.758. The molecule has 5 heteroatoms. The van der Waals surface area contributed by atoms with Crippen molar-refractivity contribution in [2.75, 3.05) is 24.2 Å². The molecule has 0 heterocycles. The van der Waals surface area contributed by atoms with Crippen molar-refractivity contribution in [3.8, 4) is 0 Å². The van der Waals surface area contributed by atoms with Gasteiger partial charge < -0.3 is 16.0 Å². The first kappa shape index (κ1) is 15.2. The van der Waals surface area contributed by atoms with Gasteiger partial charge in [-0.3, -0.25) is 9.59 Å². The van der Waals surface area contributed by atoms with Crippen LogP contribution in [0.15, 0.2) is 18.2 Å². The van der Waals surface area contributed by atoms with E-state index in [4.69, 9.17) is 0 Å². The number of rotatable bonds is 5. The van der Waals surface area contributed by atoms with Gasteiger partial charge in [0.1, 0.15) is 0 Å². The monoisotopic (exact) mass is 263 g/mol. The lowest BCUT2D eigenvalue weighted by Gasteiger charge is -2.13. The molecule has 0 spiro atoms. The second-order valence-corrected chi connectivity index (χ2v) is 4.66. The van der Waals surface area contributed by atoms with Gasteiger partial charge in [0.2, 0.25) is 11.8 Å². The Labute approximate surface area is 113 Å². The van der Waals surface area contributed by atoms with Crippen LogP contribution < -0.4 is 16.0 Å². The van der Waals surface area contributed by atoms with E-state index in [1.54, 1.807) is 6.07 Å². The summed E-state index contributed by atoms with van der Waals surface area (Å²) in [5.41, 5.74) is 2.35. The molecule has 0 fully saturated rings. The second kappa shape index (κ2) is 6.89. The molecule has 0 saturated carbocycles. The van der Waals surface area contributed by atoms with Crippen molar-refractivity contribution < 1.29 is 9.59 Å². The predicted octanol–water partition coefficient (Wildman–Crippen LogP) is 1.75. The molecule has 5 nitrogen and oxygen atoms in total. The third-order valence-electron chi connectivity index (χ3n) is 2.77. The van der Waals surface area contributed by atoms with Crippen molar-refractivity contribution in [3.63, 3.8) is 0 Å². The number of aryl methyl sites for hydroxylation is 1. The zero-order valence-corrected chi connectivity index (χ0v) is 11.8. The average molecular weight is 263 g/mol. The van der Waals surface area contributed by atoms with Gasteiger partial charge in [-0.05, 0) is 31.7 Å². The van der Waals surface area contributed by atoms with E-state index in [1.165, 1.54) is 6.92 Å². The summed E-state index contributed by atoms with van der Waals surface area (Å²) in [6.45, 7) is 5.84. The molecule has 0 radical (unpaired) electrons. The predicted molar refractivity (Wildman–Crippen MR) is 77.2 cm³/mol. The lowest BCUT2D eigenvalue weighted by molar-refractivity contribution is -0.119. The molecular weight excluding hydrogens is 242 g/mol. The highest BCUT2D eigenvalue weighted by molar-refractivity contribution is 5.94. The minimum atomic E-state index is -0.130. The Bertz CT molecular complexity index is 472. The van der Waals surface area contributed by atoms with E-state index in [9.17, 15) is 9.59 Å². The average Bonchev–Trinajstić information content (AvgIpc) is 2.33. The third-order valence-corrected chi connectivity index (χ3v) is 2.77. The number of hydrogen-bond donors (Lipinski definition) is 3. The molecule has 0 aliphatic heterocycles. The SMILES string of the molecule is CNCC(C)C(=O)Nc1ccc(C)c(NC(C)=O)c1. The molecule has 104 valence electrons.